The number of aliphatic hydroxyl groups excluding tert-OH is 2. The van der Waals surface area contributed by atoms with Crippen LogP contribution in [0, 0.1) is 28.6 Å². The van der Waals surface area contributed by atoms with Gasteiger partial charge in [-0.1, -0.05) is 13.3 Å². The number of esters is 1. The van der Waals surface area contributed by atoms with Crippen LogP contribution in [0.25, 0.3) is 0 Å². The van der Waals surface area contributed by atoms with Crippen molar-refractivity contribution in [1.29, 1.82) is 0 Å². The molecule has 7 aliphatic rings. The molecule has 258 valence electrons. The van der Waals surface area contributed by atoms with Crippen molar-refractivity contribution < 1.29 is 39.4 Å². The molecule has 10 heteroatoms. The molecule has 0 spiro atoms. The number of fused-ring (bicyclic) bond motifs is 5. The Labute approximate surface area is 273 Å². The van der Waals surface area contributed by atoms with Gasteiger partial charge >= 0.3 is 5.97 Å². The molecule has 4 aliphatic carbocycles. The Bertz CT molecular complexity index is 1190. The van der Waals surface area contributed by atoms with Crippen LogP contribution in [0.1, 0.15) is 97.3 Å². The average molecular weight is 645 g/mol. The number of cyclic esters (lactones) is 1. The third-order valence-corrected chi connectivity index (χ3v) is 14.0. The molecule has 3 heterocycles. The van der Waals surface area contributed by atoms with Crippen LogP contribution in [0.3, 0.4) is 0 Å². The summed E-state index contributed by atoms with van der Waals surface area (Å²) in [6.07, 6.45) is 11.0. The number of piperidine rings is 1. The molecule has 0 aromatic heterocycles. The molecular weight excluding hydrogens is 588 g/mol. The third-order valence-electron chi connectivity index (χ3n) is 14.0. The van der Waals surface area contributed by atoms with E-state index < -0.39 is 41.2 Å². The van der Waals surface area contributed by atoms with E-state index in [0.717, 1.165) is 57.3 Å². The Morgan fingerprint density at radius 1 is 1.04 bits per heavy atom. The first-order chi connectivity index (χ1) is 22.0. The third kappa shape index (κ3) is 5.42. The molecule has 0 bridgehead atoms. The Hall–Kier alpha value is -1.40. The quantitative estimate of drug-likeness (QED) is 0.187. The number of likely N-dealkylation sites (tertiary alicyclic amines) is 1. The van der Waals surface area contributed by atoms with Gasteiger partial charge in [0.1, 0.15) is 12.7 Å². The van der Waals surface area contributed by atoms with Crippen LogP contribution in [-0.2, 0) is 19.0 Å². The van der Waals surface area contributed by atoms with Crippen molar-refractivity contribution >= 4 is 12.2 Å². The smallest absolute Gasteiger partial charge is 0.331 e. The van der Waals surface area contributed by atoms with Gasteiger partial charge in [-0.05, 0) is 108 Å². The van der Waals surface area contributed by atoms with E-state index in [4.69, 9.17) is 19.2 Å². The van der Waals surface area contributed by atoms with Crippen molar-refractivity contribution in [2.75, 3.05) is 32.8 Å². The summed E-state index contributed by atoms with van der Waals surface area (Å²) in [5.41, 5.74) is -1.83. The molecule has 3 aliphatic heterocycles. The molecule has 6 fully saturated rings. The molecule has 2 saturated heterocycles. The second-order valence-electron chi connectivity index (χ2n) is 16.1. The summed E-state index contributed by atoms with van der Waals surface area (Å²) in [7, 11) is 0. The molecule has 4 saturated carbocycles. The maximum atomic E-state index is 12.8. The zero-order chi connectivity index (χ0) is 32.3. The van der Waals surface area contributed by atoms with Crippen molar-refractivity contribution in [3.8, 4) is 0 Å². The van der Waals surface area contributed by atoms with Crippen molar-refractivity contribution in [3.63, 3.8) is 0 Å². The lowest BCUT2D eigenvalue weighted by Crippen LogP contribution is -2.69. The predicted octanol–water partition coefficient (Wildman–Crippen LogP) is 3.14. The maximum absolute atomic E-state index is 12.8. The van der Waals surface area contributed by atoms with Gasteiger partial charge in [0.25, 0.3) is 0 Å². The van der Waals surface area contributed by atoms with Crippen LogP contribution in [0.5, 0.6) is 0 Å². The molecule has 7 rings (SSSR count). The molecule has 46 heavy (non-hydrogen) atoms. The lowest BCUT2D eigenvalue weighted by Gasteiger charge is -2.66. The van der Waals surface area contributed by atoms with E-state index in [1.807, 2.05) is 0 Å². The van der Waals surface area contributed by atoms with Gasteiger partial charge in [-0.25, -0.2) is 4.79 Å². The monoisotopic (exact) mass is 644 g/mol. The number of aliphatic hydroxyl groups is 4. The number of hydrogen-bond acceptors (Lipinski definition) is 10. The summed E-state index contributed by atoms with van der Waals surface area (Å²) >= 11 is 0. The van der Waals surface area contributed by atoms with E-state index in [1.165, 1.54) is 19.3 Å². The Kier molecular flexibility index (Phi) is 8.99. The van der Waals surface area contributed by atoms with Crippen molar-refractivity contribution in [2.45, 2.75) is 139 Å². The van der Waals surface area contributed by atoms with E-state index in [-0.39, 0.29) is 41.7 Å². The van der Waals surface area contributed by atoms with Gasteiger partial charge in [-0.15, -0.1) is 0 Å². The highest BCUT2D eigenvalue weighted by Gasteiger charge is 2.71. The van der Waals surface area contributed by atoms with Crippen LogP contribution in [0.2, 0.25) is 0 Å². The summed E-state index contributed by atoms with van der Waals surface area (Å²) in [4.78, 5) is 19.6. The molecule has 0 aromatic rings. The summed E-state index contributed by atoms with van der Waals surface area (Å²) in [6, 6.07) is 0. The highest BCUT2D eigenvalue weighted by molar-refractivity contribution is 5.85. The Balaban J connectivity index is 1.14. The molecule has 10 nitrogen and oxygen atoms in total. The maximum Gasteiger partial charge on any atom is 0.331 e. The minimum Gasteiger partial charge on any atom is -0.458 e. The Morgan fingerprint density at radius 2 is 1.83 bits per heavy atom. The summed E-state index contributed by atoms with van der Waals surface area (Å²) in [5.74, 6) is -0.0415. The summed E-state index contributed by atoms with van der Waals surface area (Å²) in [6.45, 7) is 8.19. The SMILES string of the molecule is C[C@@H]1O[C@H](O[C@H]2CC[C@]3(C=NCCN4CCCCC4)[C@H]4CC[C@]5(C)[C@@H](C6=CC(=O)OC6)CC[C@]5(O)[C@@H]4CC[C@]3(O)C2)C[C@@H](O)[C@H]1O. The zero-order valence-electron chi connectivity index (χ0n) is 27.8. The van der Waals surface area contributed by atoms with Gasteiger partial charge in [0.2, 0.25) is 0 Å². The van der Waals surface area contributed by atoms with Crippen molar-refractivity contribution in [2.24, 2.45) is 33.6 Å². The van der Waals surface area contributed by atoms with Gasteiger partial charge in [-0.2, -0.15) is 0 Å². The highest BCUT2D eigenvalue weighted by Crippen LogP contribution is 2.70. The van der Waals surface area contributed by atoms with Crippen LogP contribution in [0.4, 0.5) is 0 Å². The van der Waals surface area contributed by atoms with E-state index in [1.54, 1.807) is 13.0 Å². The van der Waals surface area contributed by atoms with Crippen molar-refractivity contribution in [1.82, 2.24) is 4.90 Å². The fourth-order valence-electron chi connectivity index (χ4n) is 11.4. The number of rotatable bonds is 7. The van der Waals surface area contributed by atoms with Crippen LogP contribution in [0.15, 0.2) is 16.6 Å². The number of ether oxygens (including phenoxy) is 3. The fraction of sp³-hybridized carbons (Fsp3) is 0.889. The molecule has 12 atom stereocenters. The fourth-order valence-corrected chi connectivity index (χ4v) is 11.4. The average Bonchev–Trinajstić information content (AvgIpc) is 3.58. The predicted molar refractivity (Wildman–Crippen MR) is 171 cm³/mol. The first kappa shape index (κ1) is 33.1. The first-order valence-corrected chi connectivity index (χ1v) is 18.2. The minimum absolute atomic E-state index is 0.0281. The van der Waals surface area contributed by atoms with E-state index in [9.17, 15) is 25.2 Å². The topological polar surface area (TPSA) is 141 Å². The number of aliphatic imine (C=N–C) groups is 1. The van der Waals surface area contributed by atoms with Crippen LogP contribution < -0.4 is 0 Å². The first-order valence-electron chi connectivity index (χ1n) is 18.2. The van der Waals surface area contributed by atoms with E-state index in [2.05, 4.69) is 18.0 Å². The summed E-state index contributed by atoms with van der Waals surface area (Å²) in [5, 5.41) is 46.0. The molecule has 4 N–H and O–H groups in total. The number of hydrogen-bond donors (Lipinski definition) is 4. The van der Waals surface area contributed by atoms with Gasteiger partial charge in [0.05, 0.1) is 36.1 Å². The number of carbonyl (C=O) groups excluding carboxylic acids is 1. The molecule has 0 aromatic carbocycles. The minimum atomic E-state index is -1.04. The number of nitrogens with zero attached hydrogens (tertiary/aromatic N) is 2. The van der Waals surface area contributed by atoms with Gasteiger partial charge in [-0.3, -0.25) is 4.99 Å². The van der Waals surface area contributed by atoms with E-state index >= 15 is 0 Å². The van der Waals surface area contributed by atoms with Gasteiger partial charge in [0.15, 0.2) is 6.29 Å². The van der Waals surface area contributed by atoms with Crippen LogP contribution >= 0.6 is 0 Å². The lowest BCUT2D eigenvalue weighted by molar-refractivity contribution is -0.282. The van der Waals surface area contributed by atoms with Gasteiger partial charge < -0.3 is 39.5 Å². The molecular formula is C36H56N2O8. The Morgan fingerprint density at radius 3 is 2.57 bits per heavy atom. The second kappa shape index (κ2) is 12.5. The van der Waals surface area contributed by atoms with Gasteiger partial charge in [0, 0.05) is 42.5 Å². The van der Waals surface area contributed by atoms with Crippen molar-refractivity contribution in [3.05, 3.63) is 11.6 Å². The summed E-state index contributed by atoms with van der Waals surface area (Å²) < 4.78 is 17.6. The molecule has 0 unspecified atom stereocenters. The largest absolute Gasteiger partial charge is 0.458 e. The molecule has 0 radical (unpaired) electrons. The zero-order valence-corrected chi connectivity index (χ0v) is 27.8. The highest BCUT2D eigenvalue weighted by atomic mass is 16.7. The standard InChI is InChI=1S/C36H56N2O8/c1-23-32(41)29(39)19-31(45-23)46-25-6-11-34(22-37-14-17-38-15-4-3-5-16-38)27-7-10-33(2)26(24-18-30(40)44-21-24)9-13-36(33,43)28(27)8-12-35(34,42)20-25/h18,22-23,25-29,31-32,39,41-43H,3-17,19-21H2,1-2H3/t23-,25-,26+,27-,28+,29+,31+,32-,33+,34-,35-,36-/m0/s1. The number of carbonyl (C=O) groups is 1. The van der Waals surface area contributed by atoms with Crippen LogP contribution in [-0.4, -0.2) is 112 Å². The molecule has 0 amide bonds. The second-order valence-corrected chi connectivity index (χ2v) is 16.1. The lowest BCUT2D eigenvalue weighted by atomic mass is 9.41. The van der Waals surface area contributed by atoms with E-state index in [0.29, 0.717) is 38.8 Å². The normalized spacial score (nSPS) is 49.7.